The van der Waals surface area contributed by atoms with E-state index in [2.05, 4.69) is 20.1 Å². The molecule has 0 saturated carbocycles. The molecule has 1 aromatic carbocycles. The molecule has 10 heteroatoms. The summed E-state index contributed by atoms with van der Waals surface area (Å²) in [6.45, 7) is 1.33. The Morgan fingerprint density at radius 2 is 1.83 bits per heavy atom. The van der Waals surface area contributed by atoms with Gasteiger partial charge in [0.2, 0.25) is 0 Å². The van der Waals surface area contributed by atoms with E-state index in [1.807, 2.05) is 36.4 Å². The summed E-state index contributed by atoms with van der Waals surface area (Å²) in [4.78, 5) is 16.0. The maximum absolute atomic E-state index is 13.3. The van der Waals surface area contributed by atoms with Gasteiger partial charge in [-0.05, 0) is 49.2 Å². The Morgan fingerprint density at radius 3 is 2.66 bits per heavy atom. The zero-order chi connectivity index (χ0) is 24.0. The third kappa shape index (κ3) is 3.94. The number of aromatic nitrogens is 6. The molecule has 1 atom stereocenters. The van der Waals surface area contributed by atoms with Gasteiger partial charge < -0.3 is 4.90 Å². The van der Waals surface area contributed by atoms with Crippen molar-refractivity contribution >= 4 is 22.4 Å². The van der Waals surface area contributed by atoms with E-state index in [1.165, 1.54) is 10.5 Å². The number of para-hydroxylation sites is 1. The van der Waals surface area contributed by atoms with Gasteiger partial charge in [-0.1, -0.05) is 12.1 Å². The number of fused-ring (bicyclic) bond motifs is 2. The van der Waals surface area contributed by atoms with Crippen LogP contribution in [0.15, 0.2) is 67.1 Å². The second kappa shape index (κ2) is 8.30. The predicted octanol–water partition coefficient (Wildman–Crippen LogP) is 5.14. The second-order valence-corrected chi connectivity index (χ2v) is 8.62. The first kappa shape index (κ1) is 21.5. The van der Waals surface area contributed by atoms with Crippen molar-refractivity contribution in [2.45, 2.75) is 24.9 Å². The highest BCUT2D eigenvalue weighted by molar-refractivity contribution is 5.91. The number of alkyl halides is 3. The van der Waals surface area contributed by atoms with Crippen LogP contribution >= 0.6 is 0 Å². The highest BCUT2D eigenvalue weighted by Gasteiger charge is 2.32. The number of hydrogen-bond donors (Lipinski definition) is 0. The molecule has 35 heavy (non-hydrogen) atoms. The molecule has 0 bridgehead atoms. The monoisotopic (exact) mass is 475 g/mol. The number of halogens is 3. The van der Waals surface area contributed by atoms with E-state index in [9.17, 15) is 13.2 Å². The van der Waals surface area contributed by atoms with E-state index in [0.29, 0.717) is 23.8 Å². The SMILES string of the molecule is FC(F)(F)c1ccc2nnc(C3CCCN(c4nc(-c5cccnc5)nc5ccccc45)C3)n2c1. The zero-order valence-electron chi connectivity index (χ0n) is 18.5. The van der Waals surface area contributed by atoms with Crippen LogP contribution in [0, 0.1) is 0 Å². The first-order valence-corrected chi connectivity index (χ1v) is 11.3. The molecule has 1 aliphatic heterocycles. The van der Waals surface area contributed by atoms with Gasteiger partial charge in [0, 0.05) is 48.5 Å². The van der Waals surface area contributed by atoms with E-state index in [-0.39, 0.29) is 5.92 Å². The first-order chi connectivity index (χ1) is 17.0. The van der Waals surface area contributed by atoms with Crippen LogP contribution in [0.4, 0.5) is 19.0 Å². The van der Waals surface area contributed by atoms with Crippen molar-refractivity contribution in [1.82, 2.24) is 29.5 Å². The summed E-state index contributed by atoms with van der Waals surface area (Å²) in [7, 11) is 0. The fraction of sp³-hybridized carbons (Fsp3) is 0.240. The van der Waals surface area contributed by atoms with Gasteiger partial charge in [-0.2, -0.15) is 13.2 Å². The zero-order valence-corrected chi connectivity index (χ0v) is 18.5. The number of nitrogens with zero attached hydrogens (tertiary/aromatic N) is 7. The Bertz CT molecular complexity index is 1510. The smallest absolute Gasteiger partial charge is 0.355 e. The molecular formula is C25H20F3N7. The number of hydrogen-bond acceptors (Lipinski definition) is 6. The van der Waals surface area contributed by atoms with E-state index in [4.69, 9.17) is 9.97 Å². The van der Waals surface area contributed by atoms with Gasteiger partial charge >= 0.3 is 6.18 Å². The number of anilines is 1. The van der Waals surface area contributed by atoms with Crippen molar-refractivity contribution in [3.8, 4) is 11.4 Å². The number of pyridine rings is 2. The lowest BCUT2D eigenvalue weighted by Gasteiger charge is -2.33. The molecule has 0 spiro atoms. The minimum absolute atomic E-state index is 0.0993. The average molecular weight is 475 g/mol. The highest BCUT2D eigenvalue weighted by Crippen LogP contribution is 2.34. The lowest BCUT2D eigenvalue weighted by Crippen LogP contribution is -2.36. The standard InChI is InChI=1S/C25H20F3N7/c26-25(27,28)18-9-10-21-32-33-23(35(21)15-18)17-6-4-12-34(14-17)24-19-7-1-2-8-20(19)30-22(31-24)16-5-3-11-29-13-16/h1-3,5,7-11,13,15,17H,4,6,12,14H2. The van der Waals surface area contributed by atoms with Gasteiger partial charge in [-0.25, -0.2) is 9.97 Å². The van der Waals surface area contributed by atoms with Crippen LogP contribution in [0.1, 0.15) is 30.1 Å². The summed E-state index contributed by atoms with van der Waals surface area (Å²) in [5.74, 6) is 1.81. The van der Waals surface area contributed by atoms with Crippen LogP contribution < -0.4 is 4.90 Å². The first-order valence-electron chi connectivity index (χ1n) is 11.3. The van der Waals surface area contributed by atoms with Crippen molar-refractivity contribution in [3.05, 3.63) is 78.5 Å². The molecule has 0 aliphatic carbocycles. The van der Waals surface area contributed by atoms with Crippen LogP contribution in [-0.4, -0.2) is 42.6 Å². The predicted molar refractivity (Wildman–Crippen MR) is 125 cm³/mol. The molecule has 6 rings (SSSR count). The Morgan fingerprint density at radius 1 is 0.943 bits per heavy atom. The van der Waals surface area contributed by atoms with Gasteiger partial charge in [0.25, 0.3) is 0 Å². The topological polar surface area (TPSA) is 72.1 Å². The molecule has 0 radical (unpaired) electrons. The molecule has 1 unspecified atom stereocenters. The maximum atomic E-state index is 13.3. The van der Waals surface area contributed by atoms with Gasteiger partial charge in [0.15, 0.2) is 11.5 Å². The lowest BCUT2D eigenvalue weighted by atomic mass is 9.96. The maximum Gasteiger partial charge on any atom is 0.417 e. The summed E-state index contributed by atoms with van der Waals surface area (Å²) < 4.78 is 41.4. The average Bonchev–Trinajstić information content (AvgIpc) is 3.32. The highest BCUT2D eigenvalue weighted by atomic mass is 19.4. The van der Waals surface area contributed by atoms with Crippen molar-refractivity contribution < 1.29 is 13.2 Å². The van der Waals surface area contributed by atoms with Crippen LogP contribution in [-0.2, 0) is 6.18 Å². The van der Waals surface area contributed by atoms with E-state index >= 15 is 0 Å². The third-order valence-electron chi connectivity index (χ3n) is 6.34. The van der Waals surface area contributed by atoms with Crippen LogP contribution in [0.5, 0.6) is 0 Å². The molecule has 4 aromatic heterocycles. The molecule has 5 aromatic rings. The Labute approximate surface area is 198 Å². The molecule has 7 nitrogen and oxygen atoms in total. The lowest BCUT2D eigenvalue weighted by molar-refractivity contribution is -0.137. The van der Waals surface area contributed by atoms with Gasteiger partial charge in [0.05, 0.1) is 11.1 Å². The Kier molecular flexibility index (Phi) is 5.09. The summed E-state index contributed by atoms with van der Waals surface area (Å²) in [6, 6.07) is 14.0. The summed E-state index contributed by atoms with van der Waals surface area (Å²) in [6.07, 6.45) is 1.73. The quantitative estimate of drug-likeness (QED) is 0.360. The third-order valence-corrected chi connectivity index (χ3v) is 6.34. The summed E-state index contributed by atoms with van der Waals surface area (Å²) in [5, 5.41) is 9.31. The minimum atomic E-state index is -4.43. The van der Waals surface area contributed by atoms with Crippen molar-refractivity contribution in [2.75, 3.05) is 18.0 Å². The van der Waals surface area contributed by atoms with Gasteiger partial charge in [-0.3, -0.25) is 9.38 Å². The molecule has 1 aliphatic rings. The molecule has 0 amide bonds. The van der Waals surface area contributed by atoms with E-state index < -0.39 is 11.7 Å². The second-order valence-electron chi connectivity index (χ2n) is 8.62. The fourth-order valence-electron chi connectivity index (χ4n) is 4.66. The van der Waals surface area contributed by atoms with Gasteiger partial charge in [0.1, 0.15) is 11.6 Å². The molecule has 176 valence electrons. The van der Waals surface area contributed by atoms with E-state index in [0.717, 1.165) is 53.9 Å². The Hall–Kier alpha value is -4.08. The molecular weight excluding hydrogens is 455 g/mol. The van der Waals surface area contributed by atoms with Crippen LogP contribution in [0.2, 0.25) is 0 Å². The molecule has 5 heterocycles. The van der Waals surface area contributed by atoms with Crippen LogP contribution in [0.3, 0.4) is 0 Å². The van der Waals surface area contributed by atoms with Crippen LogP contribution in [0.25, 0.3) is 27.9 Å². The minimum Gasteiger partial charge on any atom is -0.355 e. The van der Waals surface area contributed by atoms with Gasteiger partial charge in [-0.15, -0.1) is 10.2 Å². The van der Waals surface area contributed by atoms with Crippen molar-refractivity contribution in [3.63, 3.8) is 0 Å². The number of rotatable bonds is 3. The summed E-state index contributed by atoms with van der Waals surface area (Å²) >= 11 is 0. The van der Waals surface area contributed by atoms with Crippen molar-refractivity contribution in [1.29, 1.82) is 0 Å². The molecule has 0 N–H and O–H groups in total. The normalized spacial score (nSPS) is 16.8. The largest absolute Gasteiger partial charge is 0.417 e. The number of benzene rings is 1. The summed E-state index contributed by atoms with van der Waals surface area (Å²) in [5.41, 5.74) is 1.32. The molecule has 1 saturated heterocycles. The fourth-order valence-corrected chi connectivity index (χ4v) is 4.66. The van der Waals surface area contributed by atoms with E-state index in [1.54, 1.807) is 12.4 Å². The number of piperidine rings is 1. The molecule has 1 fully saturated rings. The van der Waals surface area contributed by atoms with Crippen molar-refractivity contribution in [2.24, 2.45) is 0 Å². The Balaban J connectivity index is 1.40.